The molecular weight excluding hydrogens is 404 g/mol. The van der Waals surface area contributed by atoms with Crippen LogP contribution in [-0.4, -0.2) is 47.0 Å². The fourth-order valence-corrected chi connectivity index (χ4v) is 3.82. The molecule has 1 aliphatic rings. The number of carbonyl (C=O) groups is 1. The molecule has 1 aliphatic heterocycles. The van der Waals surface area contributed by atoms with Gasteiger partial charge in [0.2, 0.25) is 0 Å². The highest BCUT2D eigenvalue weighted by Crippen LogP contribution is 2.29. The molecule has 0 bridgehead atoms. The van der Waals surface area contributed by atoms with E-state index in [1.165, 1.54) is 0 Å². The van der Waals surface area contributed by atoms with Gasteiger partial charge in [0.25, 0.3) is 5.91 Å². The molecule has 1 atom stereocenters. The average molecular weight is 424 g/mol. The second kappa shape index (κ2) is 7.77. The predicted molar refractivity (Wildman–Crippen MR) is 103 cm³/mol. The molecule has 132 valence electrons. The summed E-state index contributed by atoms with van der Waals surface area (Å²) in [6, 6.07) is 13.0. The summed E-state index contributed by atoms with van der Waals surface area (Å²) in [6.45, 7) is 4.94. The summed E-state index contributed by atoms with van der Waals surface area (Å²) in [6.07, 6.45) is 0. The molecule has 0 aromatic heterocycles. The van der Waals surface area contributed by atoms with E-state index in [2.05, 4.69) is 27.8 Å². The normalized spacial score (nSPS) is 16.7. The number of hydrogen-bond acceptors (Lipinski definition) is 3. The van der Waals surface area contributed by atoms with Crippen molar-refractivity contribution in [2.75, 3.05) is 26.2 Å². The van der Waals surface area contributed by atoms with Crippen molar-refractivity contribution in [2.24, 2.45) is 0 Å². The van der Waals surface area contributed by atoms with Gasteiger partial charge in [0.1, 0.15) is 5.75 Å². The second-order valence-corrected chi connectivity index (χ2v) is 7.51. The van der Waals surface area contributed by atoms with Crippen molar-refractivity contribution < 1.29 is 9.90 Å². The Hall–Kier alpha value is -1.56. The van der Waals surface area contributed by atoms with E-state index in [0.29, 0.717) is 18.7 Å². The minimum atomic E-state index is -0.130. The van der Waals surface area contributed by atoms with Gasteiger partial charge in [-0.15, -0.1) is 0 Å². The molecule has 6 heteroatoms. The van der Waals surface area contributed by atoms with Crippen LogP contribution >= 0.6 is 27.5 Å². The lowest BCUT2D eigenvalue weighted by molar-refractivity contribution is 0.0579. The van der Waals surface area contributed by atoms with Crippen molar-refractivity contribution in [2.45, 2.75) is 13.0 Å². The number of amides is 1. The van der Waals surface area contributed by atoms with Gasteiger partial charge in [-0.3, -0.25) is 9.69 Å². The maximum atomic E-state index is 12.6. The van der Waals surface area contributed by atoms with Gasteiger partial charge < -0.3 is 10.0 Å². The molecule has 3 rings (SSSR count). The van der Waals surface area contributed by atoms with E-state index in [1.807, 2.05) is 24.3 Å². The molecule has 2 aromatic rings. The fraction of sp³-hybridized carbons (Fsp3) is 0.316. The highest BCUT2D eigenvalue weighted by molar-refractivity contribution is 9.10. The number of carbonyl (C=O) groups excluding carboxylic acids is 1. The van der Waals surface area contributed by atoms with Crippen molar-refractivity contribution in [3.8, 4) is 5.75 Å². The predicted octanol–water partition coefficient (Wildman–Crippen LogP) is 4.33. The third-order valence-corrected chi connectivity index (χ3v) is 5.53. The van der Waals surface area contributed by atoms with Crippen molar-refractivity contribution in [1.29, 1.82) is 0 Å². The molecule has 2 aromatic carbocycles. The monoisotopic (exact) mass is 422 g/mol. The van der Waals surface area contributed by atoms with Crippen LogP contribution in [0.15, 0.2) is 46.9 Å². The Kier molecular flexibility index (Phi) is 5.67. The Morgan fingerprint density at radius 3 is 2.48 bits per heavy atom. The third-order valence-electron chi connectivity index (χ3n) is 4.69. The number of halogens is 2. The maximum absolute atomic E-state index is 12.6. The zero-order chi connectivity index (χ0) is 18.0. The van der Waals surface area contributed by atoms with Gasteiger partial charge in [0.05, 0.1) is 5.56 Å². The van der Waals surface area contributed by atoms with Crippen LogP contribution in [0.4, 0.5) is 0 Å². The first-order valence-corrected chi connectivity index (χ1v) is 9.40. The Morgan fingerprint density at radius 1 is 1.16 bits per heavy atom. The molecule has 0 aliphatic carbocycles. The Bertz CT molecular complexity index is 776. The lowest BCUT2D eigenvalue weighted by Gasteiger charge is -2.38. The molecule has 0 radical (unpaired) electrons. The van der Waals surface area contributed by atoms with Crippen LogP contribution in [0.1, 0.15) is 28.9 Å². The number of rotatable bonds is 3. The van der Waals surface area contributed by atoms with Crippen LogP contribution < -0.4 is 0 Å². The van der Waals surface area contributed by atoms with Gasteiger partial charge in [0, 0.05) is 41.7 Å². The van der Waals surface area contributed by atoms with Crippen molar-refractivity contribution in [3.63, 3.8) is 0 Å². The van der Waals surface area contributed by atoms with Crippen LogP contribution in [0.3, 0.4) is 0 Å². The molecule has 0 saturated carbocycles. The zero-order valence-electron chi connectivity index (χ0n) is 14.0. The van der Waals surface area contributed by atoms with E-state index in [1.54, 1.807) is 23.1 Å². The van der Waals surface area contributed by atoms with E-state index in [-0.39, 0.29) is 17.7 Å². The average Bonchev–Trinajstić information content (AvgIpc) is 2.61. The van der Waals surface area contributed by atoms with E-state index in [4.69, 9.17) is 11.6 Å². The first kappa shape index (κ1) is 18.2. The zero-order valence-corrected chi connectivity index (χ0v) is 16.3. The number of aromatic hydroxyl groups is 1. The lowest BCUT2D eigenvalue weighted by atomic mass is 10.1. The molecule has 1 fully saturated rings. The van der Waals surface area contributed by atoms with Gasteiger partial charge in [-0.25, -0.2) is 0 Å². The molecule has 4 nitrogen and oxygen atoms in total. The van der Waals surface area contributed by atoms with Crippen LogP contribution in [0.2, 0.25) is 5.02 Å². The smallest absolute Gasteiger partial charge is 0.257 e. The third kappa shape index (κ3) is 4.00. The summed E-state index contributed by atoms with van der Waals surface area (Å²) >= 11 is 9.60. The Labute approximate surface area is 161 Å². The molecule has 25 heavy (non-hydrogen) atoms. The van der Waals surface area contributed by atoms with Crippen molar-refractivity contribution >= 4 is 33.4 Å². The molecular formula is C19H20BrClN2O2. The minimum Gasteiger partial charge on any atom is -0.507 e. The Balaban J connectivity index is 1.65. The largest absolute Gasteiger partial charge is 0.507 e. The summed E-state index contributed by atoms with van der Waals surface area (Å²) in [5.41, 5.74) is 1.45. The molecule has 1 N–H and O–H groups in total. The number of benzene rings is 2. The van der Waals surface area contributed by atoms with Crippen LogP contribution in [0.5, 0.6) is 5.75 Å². The van der Waals surface area contributed by atoms with Gasteiger partial charge in [-0.05, 0) is 36.8 Å². The summed E-state index contributed by atoms with van der Waals surface area (Å²) in [4.78, 5) is 16.8. The van der Waals surface area contributed by atoms with Crippen LogP contribution in [-0.2, 0) is 0 Å². The van der Waals surface area contributed by atoms with Gasteiger partial charge >= 0.3 is 0 Å². The number of hydrogen-bond donors (Lipinski definition) is 1. The Morgan fingerprint density at radius 2 is 1.84 bits per heavy atom. The molecule has 1 saturated heterocycles. The standard InChI is InChI=1S/C19H20BrClN2O2/c1-13(15-4-2-3-5-17(15)21)22-8-10-23(11-9-22)19(25)16-7-6-14(20)12-18(16)24/h2-7,12-13,24H,8-11H2,1H3. The van der Waals surface area contributed by atoms with E-state index in [9.17, 15) is 9.90 Å². The quantitative estimate of drug-likeness (QED) is 0.799. The topological polar surface area (TPSA) is 43.8 Å². The second-order valence-electron chi connectivity index (χ2n) is 6.19. The number of piperazine rings is 1. The first-order chi connectivity index (χ1) is 12.0. The molecule has 0 spiro atoms. The van der Waals surface area contributed by atoms with E-state index < -0.39 is 0 Å². The van der Waals surface area contributed by atoms with E-state index >= 15 is 0 Å². The summed E-state index contributed by atoms with van der Waals surface area (Å²) in [7, 11) is 0. The number of phenolic OH excluding ortho intramolecular Hbond substituents is 1. The van der Waals surface area contributed by atoms with Crippen molar-refractivity contribution in [3.05, 3.63) is 63.1 Å². The fourth-order valence-electron chi connectivity index (χ4n) is 3.18. The van der Waals surface area contributed by atoms with Gasteiger partial charge in [-0.2, -0.15) is 0 Å². The molecule has 1 amide bonds. The van der Waals surface area contributed by atoms with Crippen LogP contribution in [0.25, 0.3) is 0 Å². The number of phenols is 1. The summed E-state index contributed by atoms with van der Waals surface area (Å²) in [5.74, 6) is -0.124. The maximum Gasteiger partial charge on any atom is 0.257 e. The highest BCUT2D eigenvalue weighted by Gasteiger charge is 2.27. The summed E-state index contributed by atoms with van der Waals surface area (Å²) in [5, 5.41) is 10.8. The highest BCUT2D eigenvalue weighted by atomic mass is 79.9. The number of nitrogens with zero attached hydrogens (tertiary/aromatic N) is 2. The van der Waals surface area contributed by atoms with E-state index in [0.717, 1.165) is 28.1 Å². The minimum absolute atomic E-state index is 0.00578. The van der Waals surface area contributed by atoms with Crippen LogP contribution in [0, 0.1) is 0 Å². The van der Waals surface area contributed by atoms with Gasteiger partial charge in [0.15, 0.2) is 0 Å². The molecule has 1 heterocycles. The van der Waals surface area contributed by atoms with Gasteiger partial charge in [-0.1, -0.05) is 45.7 Å². The van der Waals surface area contributed by atoms with Crippen molar-refractivity contribution in [1.82, 2.24) is 9.80 Å². The lowest BCUT2D eigenvalue weighted by Crippen LogP contribution is -2.49. The first-order valence-electron chi connectivity index (χ1n) is 8.23. The summed E-state index contributed by atoms with van der Waals surface area (Å²) < 4.78 is 0.750. The SMILES string of the molecule is CC(c1ccccc1Cl)N1CCN(C(=O)c2ccc(Br)cc2O)CC1. The molecule has 1 unspecified atom stereocenters.